The number of aromatic nitrogens is 1. The van der Waals surface area contributed by atoms with Gasteiger partial charge in [-0.3, -0.25) is 19.8 Å². The average Bonchev–Trinajstić information content (AvgIpc) is 3.60. The van der Waals surface area contributed by atoms with Gasteiger partial charge in [0.15, 0.2) is 16.6 Å². The van der Waals surface area contributed by atoms with Crippen molar-refractivity contribution >= 4 is 28.3 Å². The van der Waals surface area contributed by atoms with E-state index in [1.807, 2.05) is 11.0 Å². The van der Waals surface area contributed by atoms with Gasteiger partial charge in [-0.2, -0.15) is 0 Å². The number of hydrogen-bond donors (Lipinski definition) is 1. The molecule has 1 aliphatic carbocycles. The van der Waals surface area contributed by atoms with E-state index in [0.717, 1.165) is 56.1 Å². The number of piperazine rings is 1. The van der Waals surface area contributed by atoms with E-state index in [-0.39, 0.29) is 24.5 Å². The highest BCUT2D eigenvalue weighted by molar-refractivity contribution is 7.16. The summed E-state index contributed by atoms with van der Waals surface area (Å²) in [6.45, 7) is 4.28. The fourth-order valence-corrected chi connectivity index (χ4v) is 5.95. The molecule has 9 heteroatoms. The van der Waals surface area contributed by atoms with Gasteiger partial charge in [-0.05, 0) is 36.6 Å². The molecule has 35 heavy (non-hydrogen) atoms. The molecule has 1 N–H and O–H groups in total. The zero-order chi connectivity index (χ0) is 23.8. The number of anilines is 1. The van der Waals surface area contributed by atoms with Gasteiger partial charge in [0.2, 0.25) is 12.7 Å². The van der Waals surface area contributed by atoms with Crippen LogP contribution in [0, 0.1) is 0 Å². The number of nitrogens with zero attached hydrogens (tertiary/aromatic N) is 3. The molecule has 0 bridgehead atoms. The van der Waals surface area contributed by atoms with Crippen LogP contribution in [0.4, 0.5) is 5.13 Å². The Morgan fingerprint density at radius 3 is 2.66 bits per heavy atom. The Hall–Kier alpha value is -3.43. The second-order valence-corrected chi connectivity index (χ2v) is 10.1. The molecule has 3 aliphatic rings. The predicted molar refractivity (Wildman–Crippen MR) is 132 cm³/mol. The summed E-state index contributed by atoms with van der Waals surface area (Å²) in [4.78, 5) is 36.2. The Labute approximate surface area is 207 Å². The van der Waals surface area contributed by atoms with Crippen molar-refractivity contribution in [2.24, 2.45) is 0 Å². The first-order valence-electron chi connectivity index (χ1n) is 11.9. The van der Waals surface area contributed by atoms with E-state index >= 15 is 0 Å². The van der Waals surface area contributed by atoms with E-state index in [1.54, 1.807) is 18.2 Å². The third-order valence-electron chi connectivity index (χ3n) is 6.80. The molecule has 1 unspecified atom stereocenters. The number of benzene rings is 2. The average molecular weight is 491 g/mol. The van der Waals surface area contributed by atoms with Gasteiger partial charge in [0, 0.05) is 43.2 Å². The summed E-state index contributed by atoms with van der Waals surface area (Å²) in [5, 5.41) is 3.42. The fraction of sp³-hybridized carbons (Fsp3) is 0.346. The fourth-order valence-electron chi connectivity index (χ4n) is 4.92. The lowest BCUT2D eigenvalue weighted by molar-refractivity contribution is -0.134. The maximum atomic E-state index is 13.3. The first-order chi connectivity index (χ1) is 17.1. The largest absolute Gasteiger partial charge is 0.454 e. The van der Waals surface area contributed by atoms with Crippen molar-refractivity contribution in [1.82, 2.24) is 14.8 Å². The molecule has 0 saturated carbocycles. The summed E-state index contributed by atoms with van der Waals surface area (Å²) in [5.41, 5.74) is 2.60. The van der Waals surface area contributed by atoms with Crippen molar-refractivity contribution in [3.05, 3.63) is 70.2 Å². The zero-order valence-electron chi connectivity index (χ0n) is 19.2. The van der Waals surface area contributed by atoms with Crippen LogP contribution in [0.15, 0.2) is 48.5 Å². The minimum atomic E-state index is -0.256. The monoisotopic (exact) mass is 490 g/mol. The summed E-state index contributed by atoms with van der Waals surface area (Å²) in [5.74, 6) is 0.874. The van der Waals surface area contributed by atoms with Gasteiger partial charge in [0.25, 0.3) is 5.91 Å². The number of hydrogen-bond acceptors (Lipinski definition) is 7. The maximum Gasteiger partial charge on any atom is 0.257 e. The Morgan fingerprint density at radius 2 is 1.83 bits per heavy atom. The van der Waals surface area contributed by atoms with E-state index in [1.165, 1.54) is 16.9 Å². The van der Waals surface area contributed by atoms with Crippen LogP contribution in [-0.4, -0.2) is 59.6 Å². The number of fused-ring (bicyclic) bond motifs is 2. The van der Waals surface area contributed by atoms with Crippen LogP contribution in [0.25, 0.3) is 0 Å². The number of aryl methyl sites for hydroxylation is 1. The molecule has 0 spiro atoms. The molecular weight excluding hydrogens is 464 g/mol. The third kappa shape index (κ3) is 4.49. The Bertz CT molecular complexity index is 1250. The van der Waals surface area contributed by atoms with Gasteiger partial charge in [0.05, 0.1) is 11.6 Å². The van der Waals surface area contributed by atoms with Gasteiger partial charge in [-0.25, -0.2) is 4.98 Å². The predicted octanol–water partition coefficient (Wildman–Crippen LogP) is 3.50. The lowest BCUT2D eigenvalue weighted by atomic mass is 10.1. The zero-order valence-corrected chi connectivity index (χ0v) is 20.1. The van der Waals surface area contributed by atoms with Crippen LogP contribution < -0.4 is 14.8 Å². The topological polar surface area (TPSA) is 84.0 Å². The molecule has 3 heterocycles. The van der Waals surface area contributed by atoms with Gasteiger partial charge in [-0.15, -0.1) is 11.3 Å². The van der Waals surface area contributed by atoms with Crippen molar-refractivity contribution in [3.8, 4) is 11.5 Å². The quantitative estimate of drug-likeness (QED) is 0.590. The van der Waals surface area contributed by atoms with Crippen LogP contribution in [-0.2, 0) is 17.8 Å². The summed E-state index contributed by atoms with van der Waals surface area (Å²) in [6.07, 6.45) is 1.60. The highest BCUT2D eigenvalue weighted by Gasteiger charge is 2.36. The minimum absolute atomic E-state index is 0.155. The molecule has 1 atom stereocenters. The van der Waals surface area contributed by atoms with E-state index in [0.29, 0.717) is 22.2 Å². The van der Waals surface area contributed by atoms with Gasteiger partial charge >= 0.3 is 0 Å². The second-order valence-electron chi connectivity index (χ2n) is 9.03. The van der Waals surface area contributed by atoms with Crippen molar-refractivity contribution in [2.45, 2.75) is 25.3 Å². The summed E-state index contributed by atoms with van der Waals surface area (Å²) < 4.78 is 10.7. The first kappa shape index (κ1) is 22.1. The van der Waals surface area contributed by atoms with E-state index in [4.69, 9.17) is 9.47 Å². The molecule has 8 nitrogen and oxygen atoms in total. The smallest absolute Gasteiger partial charge is 0.257 e. The molecule has 6 rings (SSSR count). The number of nitrogens with one attached hydrogen (secondary N) is 1. The van der Waals surface area contributed by atoms with Crippen molar-refractivity contribution in [1.29, 1.82) is 0 Å². The molecule has 1 saturated heterocycles. The van der Waals surface area contributed by atoms with Gasteiger partial charge < -0.3 is 14.4 Å². The molecule has 1 fully saturated rings. The molecule has 2 amide bonds. The molecule has 180 valence electrons. The van der Waals surface area contributed by atoms with Crippen LogP contribution >= 0.6 is 11.3 Å². The Kier molecular flexibility index (Phi) is 5.87. The van der Waals surface area contributed by atoms with Crippen LogP contribution in [0.3, 0.4) is 0 Å². The van der Waals surface area contributed by atoms with E-state index in [9.17, 15) is 9.59 Å². The number of carbonyl (C=O) groups excluding carboxylic acids is 2. The highest BCUT2D eigenvalue weighted by Crippen LogP contribution is 2.40. The van der Waals surface area contributed by atoms with Crippen molar-refractivity contribution in [2.75, 3.05) is 38.3 Å². The molecular formula is C26H26N4O4S. The molecule has 2 aliphatic heterocycles. The van der Waals surface area contributed by atoms with E-state index in [2.05, 4.69) is 39.5 Å². The van der Waals surface area contributed by atoms with Crippen LogP contribution in [0.2, 0.25) is 0 Å². The molecule has 3 aromatic rings. The standard InChI is InChI=1S/C26H26N4O4S/c31-24(18-6-8-20-21(14-18)34-16-33-20)28-26-27-23-19(7-9-22(23)35-26)25(32)30-12-10-29(11-13-30)15-17-4-2-1-3-5-17/h1-6,8,14,19H,7,9-13,15-16H2,(H,27,28,31). The molecule has 0 radical (unpaired) electrons. The van der Waals surface area contributed by atoms with Crippen molar-refractivity contribution in [3.63, 3.8) is 0 Å². The van der Waals surface area contributed by atoms with E-state index < -0.39 is 0 Å². The number of carbonyl (C=O) groups is 2. The van der Waals surface area contributed by atoms with Crippen molar-refractivity contribution < 1.29 is 19.1 Å². The number of rotatable bonds is 5. The Morgan fingerprint density at radius 1 is 1.03 bits per heavy atom. The number of ether oxygens (including phenoxy) is 2. The first-order valence-corrected chi connectivity index (χ1v) is 12.7. The molecule has 1 aromatic heterocycles. The summed E-state index contributed by atoms with van der Waals surface area (Å²) in [6, 6.07) is 15.5. The lowest BCUT2D eigenvalue weighted by Gasteiger charge is -2.36. The highest BCUT2D eigenvalue weighted by atomic mass is 32.1. The van der Waals surface area contributed by atoms with Crippen LogP contribution in [0.5, 0.6) is 11.5 Å². The minimum Gasteiger partial charge on any atom is -0.454 e. The van der Waals surface area contributed by atoms with Gasteiger partial charge in [-0.1, -0.05) is 30.3 Å². The second kappa shape index (κ2) is 9.31. The number of thiazole rings is 1. The van der Waals surface area contributed by atoms with Gasteiger partial charge in [0.1, 0.15) is 0 Å². The third-order valence-corrected chi connectivity index (χ3v) is 7.85. The molecule has 2 aromatic carbocycles. The lowest BCUT2D eigenvalue weighted by Crippen LogP contribution is -2.49. The summed E-state index contributed by atoms with van der Waals surface area (Å²) >= 11 is 1.46. The summed E-state index contributed by atoms with van der Waals surface area (Å²) in [7, 11) is 0. The Balaban J connectivity index is 1.07. The SMILES string of the molecule is O=C(Nc1nc2c(s1)CCC2C(=O)N1CCN(Cc2ccccc2)CC1)c1ccc2c(c1)OCO2. The number of amides is 2. The van der Waals surface area contributed by atoms with Crippen LogP contribution in [0.1, 0.15) is 38.8 Å². The maximum absolute atomic E-state index is 13.3. The normalized spacial score (nSPS) is 19.0.